The van der Waals surface area contributed by atoms with Crippen LogP contribution in [-0.4, -0.2) is 12.1 Å². The van der Waals surface area contributed by atoms with Gasteiger partial charge in [0.15, 0.2) is 0 Å². The number of ether oxygens (including phenoxy) is 1. The Labute approximate surface area is 116 Å². The highest BCUT2D eigenvalue weighted by molar-refractivity contribution is 6.31. The van der Waals surface area contributed by atoms with Crippen molar-refractivity contribution in [2.24, 2.45) is 0 Å². The fraction of sp³-hybridized carbons (Fsp3) is 0.154. The topological polar surface area (TPSA) is 86.2 Å². The lowest BCUT2D eigenvalue weighted by Crippen LogP contribution is -2.02. The lowest BCUT2D eigenvalue weighted by Gasteiger charge is -2.13. The fourth-order valence-electron chi connectivity index (χ4n) is 1.62. The first kappa shape index (κ1) is 13.3. The lowest BCUT2D eigenvalue weighted by atomic mass is 10.2. The standard InChI is InChI=1S/C13H15ClN4O/c1-7-5-10(11(19-2)6-8(7)14)17-12-4-3-9(15)13(16)18-12/h3-6H,15H2,1-2H3,(H3,16,17,18). The summed E-state index contributed by atoms with van der Waals surface area (Å²) in [6.45, 7) is 1.91. The van der Waals surface area contributed by atoms with E-state index >= 15 is 0 Å². The van der Waals surface area contributed by atoms with Crippen LogP contribution in [0.4, 0.5) is 23.0 Å². The van der Waals surface area contributed by atoms with E-state index in [1.165, 1.54) is 0 Å². The molecule has 0 radical (unpaired) electrons. The summed E-state index contributed by atoms with van der Waals surface area (Å²) in [6, 6.07) is 7.07. The quantitative estimate of drug-likeness (QED) is 0.803. The van der Waals surface area contributed by atoms with Crippen LogP contribution in [0.5, 0.6) is 5.75 Å². The zero-order valence-electron chi connectivity index (χ0n) is 10.7. The van der Waals surface area contributed by atoms with Gasteiger partial charge in [-0.3, -0.25) is 0 Å². The van der Waals surface area contributed by atoms with Crippen LogP contribution >= 0.6 is 11.6 Å². The van der Waals surface area contributed by atoms with Gasteiger partial charge < -0.3 is 21.5 Å². The minimum atomic E-state index is 0.287. The largest absolute Gasteiger partial charge is 0.495 e. The van der Waals surface area contributed by atoms with Gasteiger partial charge in [0.25, 0.3) is 0 Å². The number of pyridine rings is 1. The molecular formula is C13H15ClN4O. The third kappa shape index (κ3) is 2.82. The molecule has 1 heterocycles. The monoisotopic (exact) mass is 278 g/mol. The number of anilines is 4. The van der Waals surface area contributed by atoms with Gasteiger partial charge in [-0.25, -0.2) is 4.98 Å². The first-order valence-electron chi connectivity index (χ1n) is 5.64. The van der Waals surface area contributed by atoms with Gasteiger partial charge in [-0.15, -0.1) is 0 Å². The van der Waals surface area contributed by atoms with Crippen LogP contribution < -0.4 is 21.5 Å². The minimum Gasteiger partial charge on any atom is -0.495 e. The molecule has 0 atom stereocenters. The number of halogens is 1. The summed E-state index contributed by atoms with van der Waals surface area (Å²) in [7, 11) is 1.58. The molecule has 0 unspecified atom stereocenters. The number of hydrogen-bond donors (Lipinski definition) is 3. The third-order valence-corrected chi connectivity index (χ3v) is 3.11. The summed E-state index contributed by atoms with van der Waals surface area (Å²) in [6.07, 6.45) is 0. The molecule has 100 valence electrons. The molecule has 2 aromatic rings. The molecule has 0 saturated carbocycles. The molecule has 2 rings (SSSR count). The second-order valence-corrected chi connectivity index (χ2v) is 4.50. The van der Waals surface area contributed by atoms with Crippen LogP contribution in [0.1, 0.15) is 5.56 Å². The highest BCUT2D eigenvalue weighted by atomic mass is 35.5. The van der Waals surface area contributed by atoms with Gasteiger partial charge in [-0.2, -0.15) is 0 Å². The Kier molecular flexibility index (Phi) is 3.66. The lowest BCUT2D eigenvalue weighted by molar-refractivity contribution is 0.416. The maximum Gasteiger partial charge on any atom is 0.149 e. The number of nitrogens with two attached hydrogens (primary N) is 2. The number of nitrogen functional groups attached to an aromatic ring is 2. The van der Waals surface area contributed by atoms with Crippen molar-refractivity contribution < 1.29 is 4.74 Å². The molecule has 0 amide bonds. The molecule has 0 aliphatic carbocycles. The van der Waals surface area contributed by atoms with E-state index in [1.54, 1.807) is 25.3 Å². The zero-order chi connectivity index (χ0) is 14.0. The maximum atomic E-state index is 6.05. The van der Waals surface area contributed by atoms with Crippen molar-refractivity contribution in [3.8, 4) is 5.75 Å². The molecule has 0 spiro atoms. The van der Waals surface area contributed by atoms with Crippen LogP contribution in [0, 0.1) is 6.92 Å². The normalized spacial score (nSPS) is 10.3. The number of nitrogens with zero attached hydrogens (tertiary/aromatic N) is 1. The highest BCUT2D eigenvalue weighted by Crippen LogP contribution is 2.33. The number of methoxy groups -OCH3 is 1. The summed E-state index contributed by atoms with van der Waals surface area (Å²) >= 11 is 6.05. The molecule has 5 N–H and O–H groups in total. The molecular weight excluding hydrogens is 264 g/mol. The van der Waals surface area contributed by atoms with Crippen molar-refractivity contribution in [3.05, 3.63) is 34.9 Å². The molecule has 0 saturated heterocycles. The smallest absolute Gasteiger partial charge is 0.149 e. The van der Waals surface area contributed by atoms with Gasteiger partial charge >= 0.3 is 0 Å². The Morgan fingerprint density at radius 3 is 2.63 bits per heavy atom. The summed E-state index contributed by atoms with van der Waals surface area (Å²) in [4.78, 5) is 4.15. The van der Waals surface area contributed by atoms with Crippen LogP contribution in [0.3, 0.4) is 0 Å². The van der Waals surface area contributed by atoms with Gasteiger partial charge in [-0.1, -0.05) is 11.6 Å². The Hall–Kier alpha value is -2.14. The predicted molar refractivity (Wildman–Crippen MR) is 79.1 cm³/mol. The SMILES string of the molecule is COc1cc(Cl)c(C)cc1Nc1ccc(N)c(N)n1. The van der Waals surface area contributed by atoms with E-state index in [2.05, 4.69) is 10.3 Å². The van der Waals surface area contributed by atoms with E-state index in [9.17, 15) is 0 Å². The Balaban J connectivity index is 2.37. The van der Waals surface area contributed by atoms with Crippen LogP contribution in [0.2, 0.25) is 5.02 Å². The van der Waals surface area contributed by atoms with Gasteiger partial charge in [0.05, 0.1) is 18.5 Å². The van der Waals surface area contributed by atoms with Crippen LogP contribution in [0.15, 0.2) is 24.3 Å². The average molecular weight is 279 g/mol. The number of rotatable bonds is 3. The fourth-order valence-corrected chi connectivity index (χ4v) is 1.78. The van der Waals surface area contributed by atoms with E-state index < -0.39 is 0 Å². The van der Waals surface area contributed by atoms with Crippen molar-refractivity contribution in [1.82, 2.24) is 4.98 Å². The second kappa shape index (κ2) is 5.24. The molecule has 0 fully saturated rings. The van der Waals surface area contributed by atoms with E-state index in [-0.39, 0.29) is 5.82 Å². The summed E-state index contributed by atoms with van der Waals surface area (Å²) in [5, 5.41) is 3.77. The van der Waals surface area contributed by atoms with E-state index in [0.29, 0.717) is 22.3 Å². The van der Waals surface area contributed by atoms with Gasteiger partial charge in [-0.05, 0) is 30.7 Å². The van der Waals surface area contributed by atoms with Gasteiger partial charge in [0, 0.05) is 11.1 Å². The zero-order valence-corrected chi connectivity index (χ0v) is 11.5. The number of aryl methyl sites for hydroxylation is 1. The first-order chi connectivity index (χ1) is 9.01. The van der Waals surface area contributed by atoms with Crippen molar-refractivity contribution >= 4 is 34.6 Å². The molecule has 0 aliphatic rings. The van der Waals surface area contributed by atoms with Crippen molar-refractivity contribution in [3.63, 3.8) is 0 Å². The Morgan fingerprint density at radius 1 is 1.26 bits per heavy atom. The maximum absolute atomic E-state index is 6.05. The number of aromatic nitrogens is 1. The van der Waals surface area contributed by atoms with E-state index in [1.807, 2.05) is 13.0 Å². The second-order valence-electron chi connectivity index (χ2n) is 4.10. The van der Waals surface area contributed by atoms with Crippen LogP contribution in [-0.2, 0) is 0 Å². The Bertz CT molecular complexity index is 616. The van der Waals surface area contributed by atoms with Gasteiger partial charge in [0.2, 0.25) is 0 Å². The number of benzene rings is 1. The average Bonchev–Trinajstić information content (AvgIpc) is 2.38. The molecule has 1 aromatic heterocycles. The van der Waals surface area contributed by atoms with E-state index in [0.717, 1.165) is 11.3 Å². The first-order valence-corrected chi connectivity index (χ1v) is 6.02. The molecule has 1 aromatic carbocycles. The molecule has 19 heavy (non-hydrogen) atoms. The molecule has 0 bridgehead atoms. The summed E-state index contributed by atoms with van der Waals surface area (Å²) < 4.78 is 5.28. The molecule has 5 nitrogen and oxygen atoms in total. The van der Waals surface area contributed by atoms with Gasteiger partial charge in [0.1, 0.15) is 17.4 Å². The van der Waals surface area contributed by atoms with Crippen molar-refractivity contribution in [2.75, 3.05) is 23.9 Å². The number of hydrogen-bond acceptors (Lipinski definition) is 5. The Morgan fingerprint density at radius 2 is 2.00 bits per heavy atom. The van der Waals surface area contributed by atoms with E-state index in [4.69, 9.17) is 27.8 Å². The van der Waals surface area contributed by atoms with Crippen LogP contribution in [0.25, 0.3) is 0 Å². The molecule has 0 aliphatic heterocycles. The predicted octanol–water partition coefficient (Wildman–Crippen LogP) is 2.96. The van der Waals surface area contributed by atoms with Crippen molar-refractivity contribution in [1.29, 1.82) is 0 Å². The van der Waals surface area contributed by atoms with Crippen molar-refractivity contribution in [2.45, 2.75) is 6.92 Å². The number of nitrogens with one attached hydrogen (secondary N) is 1. The highest BCUT2D eigenvalue weighted by Gasteiger charge is 2.08. The molecule has 6 heteroatoms. The minimum absolute atomic E-state index is 0.287. The summed E-state index contributed by atoms with van der Waals surface area (Å²) in [5.41, 5.74) is 13.4. The summed E-state index contributed by atoms with van der Waals surface area (Å²) in [5.74, 6) is 1.51. The third-order valence-electron chi connectivity index (χ3n) is 2.70.